The highest BCUT2D eigenvalue weighted by Crippen LogP contribution is 2.26. The van der Waals surface area contributed by atoms with Gasteiger partial charge in [-0.2, -0.15) is 0 Å². The van der Waals surface area contributed by atoms with Gasteiger partial charge < -0.3 is 5.73 Å². The molecule has 0 saturated heterocycles. The average Bonchev–Trinajstić information content (AvgIpc) is 2.45. The minimum Gasteiger partial charge on any atom is -0.384 e. The van der Waals surface area contributed by atoms with Crippen molar-refractivity contribution in [3.63, 3.8) is 0 Å². The fraction of sp³-hybridized carbons (Fsp3) is 0.222. The summed E-state index contributed by atoms with van der Waals surface area (Å²) in [6.45, 7) is 3.92. The Labute approximate surface area is 85.9 Å². The largest absolute Gasteiger partial charge is 0.384 e. The molecule has 0 atom stereocenters. The van der Waals surface area contributed by atoms with E-state index >= 15 is 0 Å². The maximum atomic E-state index is 5.59. The molecule has 5 heteroatoms. The highest BCUT2D eigenvalue weighted by atomic mass is 32.1. The number of aromatic nitrogens is 3. The number of hydrogen-bond donors (Lipinski definition) is 1. The molecule has 0 bridgehead atoms. The van der Waals surface area contributed by atoms with Crippen molar-refractivity contribution in [2.45, 2.75) is 13.8 Å². The molecule has 72 valence electrons. The molecule has 0 radical (unpaired) electrons. The first-order valence-corrected chi connectivity index (χ1v) is 5.01. The Hall–Kier alpha value is -1.49. The fourth-order valence-corrected chi connectivity index (χ4v) is 2.08. The molecule has 4 nitrogen and oxygen atoms in total. The van der Waals surface area contributed by atoms with Crippen LogP contribution in [0.5, 0.6) is 0 Å². The normalized spacial score (nSPS) is 10.4. The van der Waals surface area contributed by atoms with Crippen molar-refractivity contribution < 1.29 is 0 Å². The Morgan fingerprint density at radius 1 is 1.29 bits per heavy atom. The van der Waals surface area contributed by atoms with Gasteiger partial charge in [-0.15, -0.1) is 11.3 Å². The van der Waals surface area contributed by atoms with Crippen molar-refractivity contribution in [3.05, 3.63) is 23.0 Å². The third-order valence-corrected chi connectivity index (χ3v) is 2.85. The standard InChI is InChI=1S/C9H10N4S/c1-5-8(14-6(2)12-5)9-11-4-3-7(10)13-9/h3-4H,1-2H3,(H2,10,11,13). The molecular formula is C9H10N4S. The van der Waals surface area contributed by atoms with Crippen LogP contribution in [0.25, 0.3) is 10.7 Å². The molecule has 0 aliphatic rings. The summed E-state index contributed by atoms with van der Waals surface area (Å²) in [6, 6.07) is 1.67. The summed E-state index contributed by atoms with van der Waals surface area (Å²) in [7, 11) is 0. The Balaban J connectivity index is 2.54. The highest BCUT2D eigenvalue weighted by molar-refractivity contribution is 7.15. The number of rotatable bonds is 1. The summed E-state index contributed by atoms with van der Waals surface area (Å²) in [6.07, 6.45) is 1.66. The zero-order valence-corrected chi connectivity index (χ0v) is 8.80. The van der Waals surface area contributed by atoms with Crippen molar-refractivity contribution in [1.29, 1.82) is 0 Å². The minimum absolute atomic E-state index is 0.487. The lowest BCUT2D eigenvalue weighted by atomic mass is 10.3. The zero-order chi connectivity index (χ0) is 10.1. The Morgan fingerprint density at radius 3 is 2.64 bits per heavy atom. The van der Waals surface area contributed by atoms with Crippen LogP contribution in [-0.4, -0.2) is 15.0 Å². The predicted octanol–water partition coefficient (Wildman–Crippen LogP) is 1.80. The van der Waals surface area contributed by atoms with Crippen LogP contribution < -0.4 is 5.73 Å². The number of thiazole rings is 1. The van der Waals surface area contributed by atoms with Crippen LogP contribution in [0.3, 0.4) is 0 Å². The van der Waals surface area contributed by atoms with E-state index in [4.69, 9.17) is 5.73 Å². The topological polar surface area (TPSA) is 64.7 Å². The number of nitrogens with two attached hydrogens (primary N) is 1. The molecule has 2 aromatic rings. The van der Waals surface area contributed by atoms with Crippen LogP contribution in [0.4, 0.5) is 5.82 Å². The van der Waals surface area contributed by atoms with Gasteiger partial charge in [-0.25, -0.2) is 15.0 Å². The van der Waals surface area contributed by atoms with E-state index in [9.17, 15) is 0 Å². The first-order chi connectivity index (χ1) is 6.66. The van der Waals surface area contributed by atoms with Crippen LogP contribution >= 0.6 is 11.3 Å². The number of nitrogen functional groups attached to an aromatic ring is 1. The second-order valence-corrected chi connectivity index (χ2v) is 4.16. The molecule has 2 N–H and O–H groups in total. The van der Waals surface area contributed by atoms with Gasteiger partial charge in [0.2, 0.25) is 0 Å². The van der Waals surface area contributed by atoms with Gasteiger partial charge in [0.25, 0.3) is 0 Å². The van der Waals surface area contributed by atoms with Crippen molar-refractivity contribution in [2.75, 3.05) is 5.73 Å². The molecule has 0 fully saturated rings. The lowest BCUT2D eigenvalue weighted by molar-refractivity contribution is 1.16. The van der Waals surface area contributed by atoms with Crippen molar-refractivity contribution in [2.24, 2.45) is 0 Å². The SMILES string of the molecule is Cc1nc(C)c(-c2nccc(N)n2)s1. The Bertz CT molecular complexity index is 464. The molecule has 0 saturated carbocycles. The van der Waals surface area contributed by atoms with Gasteiger partial charge in [-0.1, -0.05) is 0 Å². The smallest absolute Gasteiger partial charge is 0.173 e. The molecular weight excluding hydrogens is 196 g/mol. The highest BCUT2D eigenvalue weighted by Gasteiger charge is 2.09. The van der Waals surface area contributed by atoms with Crippen molar-refractivity contribution >= 4 is 17.2 Å². The predicted molar refractivity (Wildman–Crippen MR) is 57.0 cm³/mol. The van der Waals surface area contributed by atoms with Crippen LogP contribution in [0.1, 0.15) is 10.7 Å². The second kappa shape index (κ2) is 3.34. The maximum Gasteiger partial charge on any atom is 0.173 e. The lowest BCUT2D eigenvalue weighted by Gasteiger charge is -1.97. The molecule has 0 aliphatic heterocycles. The van der Waals surface area contributed by atoms with Gasteiger partial charge in [-0.3, -0.25) is 0 Å². The van der Waals surface area contributed by atoms with Crippen LogP contribution in [-0.2, 0) is 0 Å². The zero-order valence-electron chi connectivity index (χ0n) is 7.98. The molecule has 0 unspecified atom stereocenters. The van der Waals surface area contributed by atoms with E-state index in [0.717, 1.165) is 15.6 Å². The van der Waals surface area contributed by atoms with E-state index in [1.807, 2.05) is 13.8 Å². The number of nitrogens with zero attached hydrogens (tertiary/aromatic N) is 3. The molecule has 0 spiro atoms. The molecule has 0 aliphatic carbocycles. The van der Waals surface area contributed by atoms with Gasteiger partial charge in [-0.05, 0) is 19.9 Å². The third kappa shape index (κ3) is 1.58. The van der Waals surface area contributed by atoms with Crippen LogP contribution in [0.15, 0.2) is 12.3 Å². The van der Waals surface area contributed by atoms with E-state index < -0.39 is 0 Å². The van der Waals surface area contributed by atoms with Crippen molar-refractivity contribution in [1.82, 2.24) is 15.0 Å². The van der Waals surface area contributed by atoms with E-state index in [-0.39, 0.29) is 0 Å². The van der Waals surface area contributed by atoms with Crippen molar-refractivity contribution in [3.8, 4) is 10.7 Å². The maximum absolute atomic E-state index is 5.59. The van der Waals surface area contributed by atoms with Gasteiger partial charge in [0.05, 0.1) is 15.6 Å². The molecule has 2 rings (SSSR count). The molecule has 0 amide bonds. The summed E-state index contributed by atoms with van der Waals surface area (Å²) in [5.74, 6) is 1.15. The summed E-state index contributed by atoms with van der Waals surface area (Å²) in [5, 5.41) is 1.02. The molecule has 2 heterocycles. The fourth-order valence-electron chi connectivity index (χ4n) is 1.22. The van der Waals surface area contributed by atoms with Crippen LogP contribution in [0.2, 0.25) is 0 Å². The Kier molecular flexibility index (Phi) is 2.17. The van der Waals surface area contributed by atoms with E-state index in [0.29, 0.717) is 11.6 Å². The van der Waals surface area contributed by atoms with Crippen LogP contribution in [0, 0.1) is 13.8 Å². The first kappa shape index (κ1) is 9.08. The third-order valence-electron chi connectivity index (χ3n) is 1.78. The Morgan fingerprint density at radius 2 is 2.07 bits per heavy atom. The van der Waals surface area contributed by atoms with Gasteiger partial charge in [0.1, 0.15) is 5.82 Å². The van der Waals surface area contributed by atoms with E-state index in [2.05, 4.69) is 15.0 Å². The lowest BCUT2D eigenvalue weighted by Crippen LogP contribution is -1.94. The number of anilines is 1. The first-order valence-electron chi connectivity index (χ1n) is 4.20. The van der Waals surface area contributed by atoms with Gasteiger partial charge in [0.15, 0.2) is 5.82 Å². The monoisotopic (exact) mass is 206 g/mol. The molecule has 2 aromatic heterocycles. The van der Waals surface area contributed by atoms with Gasteiger partial charge in [0, 0.05) is 6.20 Å². The molecule has 0 aromatic carbocycles. The minimum atomic E-state index is 0.487. The summed E-state index contributed by atoms with van der Waals surface area (Å²) in [4.78, 5) is 13.6. The quantitative estimate of drug-likeness (QED) is 0.772. The number of hydrogen-bond acceptors (Lipinski definition) is 5. The van der Waals surface area contributed by atoms with Gasteiger partial charge >= 0.3 is 0 Å². The molecule has 14 heavy (non-hydrogen) atoms. The summed E-state index contributed by atoms with van der Waals surface area (Å²) >= 11 is 1.58. The van der Waals surface area contributed by atoms with E-state index in [1.165, 1.54) is 0 Å². The summed E-state index contributed by atoms with van der Waals surface area (Å²) < 4.78 is 0. The summed E-state index contributed by atoms with van der Waals surface area (Å²) in [5.41, 5.74) is 6.54. The number of aryl methyl sites for hydroxylation is 2. The van der Waals surface area contributed by atoms with E-state index in [1.54, 1.807) is 23.6 Å². The average molecular weight is 206 g/mol. The second-order valence-electron chi connectivity index (χ2n) is 2.95.